The van der Waals surface area contributed by atoms with Crippen molar-refractivity contribution in [1.82, 2.24) is 9.80 Å². The zero-order valence-corrected chi connectivity index (χ0v) is 15.8. The molecule has 0 heterocycles. The summed E-state index contributed by atoms with van der Waals surface area (Å²) >= 11 is 0. The van der Waals surface area contributed by atoms with Gasteiger partial charge in [-0.15, -0.1) is 0 Å². The molecule has 6 heteroatoms. The van der Waals surface area contributed by atoms with Crippen LogP contribution in [0.25, 0.3) is 0 Å². The van der Waals surface area contributed by atoms with Crippen molar-refractivity contribution in [2.75, 3.05) is 27.2 Å². The second-order valence-corrected chi connectivity index (χ2v) is 7.10. The number of benzene rings is 2. The molecule has 0 fully saturated rings. The molecule has 0 aliphatic rings. The van der Waals surface area contributed by atoms with Gasteiger partial charge < -0.3 is 25.3 Å². The summed E-state index contributed by atoms with van der Waals surface area (Å²) in [6.07, 6.45) is 0. The molecular formula is C20H28N2O4. The maximum Gasteiger partial charge on any atom is 0.162 e. The van der Waals surface area contributed by atoms with Crippen LogP contribution >= 0.6 is 0 Å². The first-order valence-electron chi connectivity index (χ1n) is 8.57. The van der Waals surface area contributed by atoms with Gasteiger partial charge in [0.15, 0.2) is 23.0 Å². The average molecular weight is 360 g/mol. The van der Waals surface area contributed by atoms with Gasteiger partial charge in [0.05, 0.1) is 0 Å². The quantitative estimate of drug-likeness (QED) is 0.568. The average Bonchev–Trinajstić information content (AvgIpc) is 2.54. The molecule has 2 rings (SSSR count). The summed E-state index contributed by atoms with van der Waals surface area (Å²) in [5.74, 6) is -0.518. The van der Waals surface area contributed by atoms with Crippen LogP contribution in [0.15, 0.2) is 24.3 Å². The number of hydrogen-bond donors (Lipinski definition) is 4. The van der Waals surface area contributed by atoms with E-state index in [9.17, 15) is 20.4 Å². The van der Waals surface area contributed by atoms with Crippen molar-refractivity contribution in [3.8, 4) is 23.0 Å². The van der Waals surface area contributed by atoms with Crippen molar-refractivity contribution in [1.29, 1.82) is 0 Å². The van der Waals surface area contributed by atoms with E-state index in [1.54, 1.807) is 0 Å². The summed E-state index contributed by atoms with van der Waals surface area (Å²) in [6, 6.07) is 6.72. The molecule has 26 heavy (non-hydrogen) atoms. The summed E-state index contributed by atoms with van der Waals surface area (Å²) in [4.78, 5) is 4.11. The summed E-state index contributed by atoms with van der Waals surface area (Å²) in [5.41, 5.74) is 2.97. The molecule has 0 spiro atoms. The molecule has 0 atom stereocenters. The lowest BCUT2D eigenvalue weighted by molar-refractivity contribution is 0.220. The Labute approximate surface area is 154 Å². The van der Waals surface area contributed by atoms with Crippen LogP contribution in [0.4, 0.5) is 0 Å². The van der Waals surface area contributed by atoms with Crippen LogP contribution in [0.2, 0.25) is 0 Å². The minimum absolute atomic E-state index is 0.123. The molecule has 6 nitrogen and oxygen atoms in total. The standard InChI is InChI=1S/C20H28N2O4/c1-13-7-15(19(25)17(23)9-13)11-22(6-5-21(3)4)12-16-8-14(2)10-18(24)20(16)26/h7-10,23-26H,5-6,11-12H2,1-4H3. The van der Waals surface area contributed by atoms with Gasteiger partial charge in [0.1, 0.15) is 0 Å². The first kappa shape index (κ1) is 19.9. The van der Waals surface area contributed by atoms with Crippen molar-refractivity contribution in [2.24, 2.45) is 0 Å². The molecule has 0 aliphatic carbocycles. The Bertz CT molecular complexity index is 715. The highest BCUT2D eigenvalue weighted by molar-refractivity contribution is 5.48. The van der Waals surface area contributed by atoms with Crippen molar-refractivity contribution in [3.05, 3.63) is 46.5 Å². The van der Waals surface area contributed by atoms with Gasteiger partial charge in [0.25, 0.3) is 0 Å². The molecule has 2 aromatic rings. The van der Waals surface area contributed by atoms with Gasteiger partial charge in [-0.25, -0.2) is 0 Å². The smallest absolute Gasteiger partial charge is 0.162 e. The lowest BCUT2D eigenvalue weighted by atomic mass is 10.1. The number of nitrogens with zero attached hydrogens (tertiary/aromatic N) is 2. The maximum absolute atomic E-state index is 10.2. The molecular weight excluding hydrogens is 332 g/mol. The van der Waals surface area contributed by atoms with Crippen molar-refractivity contribution in [3.63, 3.8) is 0 Å². The van der Waals surface area contributed by atoms with Crippen LogP contribution < -0.4 is 0 Å². The predicted octanol–water partition coefficient (Wildman–Crippen LogP) is 2.69. The molecule has 142 valence electrons. The zero-order valence-electron chi connectivity index (χ0n) is 15.8. The predicted molar refractivity (Wildman–Crippen MR) is 102 cm³/mol. The van der Waals surface area contributed by atoms with E-state index < -0.39 is 0 Å². The van der Waals surface area contributed by atoms with Crippen molar-refractivity contribution in [2.45, 2.75) is 26.9 Å². The maximum atomic E-state index is 10.2. The van der Waals surface area contributed by atoms with Crippen LogP contribution in [0, 0.1) is 13.8 Å². The van der Waals surface area contributed by atoms with Gasteiger partial charge in [-0.1, -0.05) is 12.1 Å². The third-order valence-electron chi connectivity index (χ3n) is 4.28. The van der Waals surface area contributed by atoms with Gasteiger partial charge in [0, 0.05) is 37.3 Å². The zero-order chi connectivity index (χ0) is 19.4. The minimum Gasteiger partial charge on any atom is -0.504 e. The number of aryl methyl sites for hydroxylation is 2. The van der Waals surface area contributed by atoms with E-state index in [0.29, 0.717) is 30.8 Å². The Morgan fingerprint density at radius 1 is 0.692 bits per heavy atom. The molecule has 4 N–H and O–H groups in total. The lowest BCUT2D eigenvalue weighted by Crippen LogP contribution is -2.31. The van der Waals surface area contributed by atoms with Gasteiger partial charge >= 0.3 is 0 Å². The fraction of sp³-hybridized carbons (Fsp3) is 0.400. The molecule has 0 amide bonds. The first-order chi connectivity index (χ1) is 12.2. The molecule has 2 aromatic carbocycles. The van der Waals surface area contributed by atoms with Crippen molar-refractivity contribution < 1.29 is 20.4 Å². The number of phenols is 4. The van der Waals surface area contributed by atoms with E-state index in [1.165, 1.54) is 12.1 Å². The molecule has 0 radical (unpaired) electrons. The Hall–Kier alpha value is -2.44. The van der Waals surface area contributed by atoms with Gasteiger partial charge in [-0.3, -0.25) is 4.90 Å². The summed E-state index contributed by atoms with van der Waals surface area (Å²) in [6.45, 7) is 6.01. The van der Waals surface area contributed by atoms with Gasteiger partial charge in [0.2, 0.25) is 0 Å². The van der Waals surface area contributed by atoms with Crippen LogP contribution in [0.1, 0.15) is 22.3 Å². The highest BCUT2D eigenvalue weighted by Crippen LogP contribution is 2.33. The Morgan fingerprint density at radius 3 is 1.50 bits per heavy atom. The largest absolute Gasteiger partial charge is 0.504 e. The Balaban J connectivity index is 2.30. The van der Waals surface area contributed by atoms with E-state index in [4.69, 9.17) is 0 Å². The fourth-order valence-corrected chi connectivity index (χ4v) is 2.95. The number of aromatic hydroxyl groups is 4. The van der Waals surface area contributed by atoms with Crippen LogP contribution in [0.5, 0.6) is 23.0 Å². The van der Waals surface area contributed by atoms with Gasteiger partial charge in [-0.05, 0) is 51.2 Å². The third kappa shape index (κ3) is 5.03. The van der Waals surface area contributed by atoms with Crippen LogP contribution in [-0.2, 0) is 13.1 Å². The summed E-state index contributed by atoms with van der Waals surface area (Å²) in [5, 5.41) is 40.1. The molecule has 0 bridgehead atoms. The monoisotopic (exact) mass is 360 g/mol. The number of rotatable bonds is 7. The molecule has 0 aromatic heterocycles. The van der Waals surface area contributed by atoms with Crippen molar-refractivity contribution >= 4 is 0 Å². The van der Waals surface area contributed by atoms with E-state index in [2.05, 4.69) is 4.90 Å². The van der Waals surface area contributed by atoms with E-state index in [-0.39, 0.29) is 23.0 Å². The molecule has 0 unspecified atom stereocenters. The molecule has 0 saturated heterocycles. The highest BCUT2D eigenvalue weighted by Gasteiger charge is 2.16. The number of phenolic OH excluding ortho intramolecular Hbond substituents is 4. The fourth-order valence-electron chi connectivity index (χ4n) is 2.95. The van der Waals surface area contributed by atoms with E-state index >= 15 is 0 Å². The highest BCUT2D eigenvalue weighted by atomic mass is 16.3. The first-order valence-corrected chi connectivity index (χ1v) is 8.57. The number of hydrogen-bond acceptors (Lipinski definition) is 6. The van der Waals surface area contributed by atoms with Crippen LogP contribution in [0.3, 0.4) is 0 Å². The van der Waals surface area contributed by atoms with E-state index in [0.717, 1.165) is 17.7 Å². The number of likely N-dealkylation sites (N-methyl/N-ethyl adjacent to an activating group) is 1. The Morgan fingerprint density at radius 2 is 1.12 bits per heavy atom. The minimum atomic E-state index is -0.136. The van der Waals surface area contributed by atoms with E-state index in [1.807, 2.05) is 45.0 Å². The van der Waals surface area contributed by atoms with Crippen LogP contribution in [-0.4, -0.2) is 57.4 Å². The Kier molecular flexibility index (Phi) is 6.34. The second kappa shape index (κ2) is 8.29. The SMILES string of the molecule is Cc1cc(O)c(O)c(CN(CCN(C)C)Cc2cc(C)cc(O)c2O)c1. The molecule has 0 aliphatic heterocycles. The summed E-state index contributed by atoms with van der Waals surface area (Å²) in [7, 11) is 3.95. The second-order valence-electron chi connectivity index (χ2n) is 7.10. The van der Waals surface area contributed by atoms with Gasteiger partial charge in [-0.2, -0.15) is 0 Å². The topological polar surface area (TPSA) is 87.4 Å². The third-order valence-corrected chi connectivity index (χ3v) is 4.28. The summed E-state index contributed by atoms with van der Waals surface area (Å²) < 4.78 is 0. The normalized spacial score (nSPS) is 11.5. The lowest BCUT2D eigenvalue weighted by Gasteiger charge is -2.25. The molecule has 0 saturated carbocycles.